The lowest BCUT2D eigenvalue weighted by molar-refractivity contribution is 0.0968. The number of carbonyl (C=O) groups is 2. The third kappa shape index (κ3) is 4.56. The van der Waals surface area contributed by atoms with Crippen molar-refractivity contribution in [1.29, 1.82) is 0 Å². The molecule has 1 unspecified atom stereocenters. The Hall–Kier alpha value is -3.11. The molecule has 2 fully saturated rings. The van der Waals surface area contributed by atoms with Gasteiger partial charge in [-0.1, -0.05) is 15.9 Å². The number of nitrogens with one attached hydrogen (secondary N) is 3. The minimum Gasteiger partial charge on any atom is -0.374 e. The number of aromatic nitrogens is 3. The number of nitrogens with zero attached hydrogens (tertiary/aromatic N) is 3. The van der Waals surface area contributed by atoms with Crippen molar-refractivity contribution >= 4 is 50.1 Å². The van der Waals surface area contributed by atoms with Crippen molar-refractivity contribution in [3.05, 3.63) is 46.8 Å². The molecule has 1 saturated carbocycles. The minimum absolute atomic E-state index is 0.0457. The summed E-state index contributed by atoms with van der Waals surface area (Å²) in [5, 5.41) is 10.0. The first-order valence-electron chi connectivity index (χ1n) is 10.5. The van der Waals surface area contributed by atoms with E-state index in [9.17, 15) is 9.59 Å². The van der Waals surface area contributed by atoms with Crippen molar-refractivity contribution < 1.29 is 14.3 Å². The Bertz CT molecular complexity index is 1180. The number of rotatable bonds is 6. The van der Waals surface area contributed by atoms with E-state index in [0.717, 1.165) is 47.7 Å². The van der Waals surface area contributed by atoms with Crippen LogP contribution < -0.4 is 20.7 Å². The second-order valence-corrected chi connectivity index (χ2v) is 8.87. The van der Waals surface area contributed by atoms with Gasteiger partial charge in [0.05, 0.1) is 34.8 Å². The van der Waals surface area contributed by atoms with E-state index in [-0.39, 0.29) is 23.8 Å². The van der Waals surface area contributed by atoms with Gasteiger partial charge in [0.15, 0.2) is 5.78 Å². The lowest BCUT2D eigenvalue weighted by atomic mass is 10.0. The van der Waals surface area contributed by atoms with Gasteiger partial charge in [0.2, 0.25) is 0 Å². The van der Waals surface area contributed by atoms with Crippen LogP contribution in [0.15, 0.2) is 41.3 Å². The van der Waals surface area contributed by atoms with Crippen LogP contribution in [0.2, 0.25) is 0 Å². The van der Waals surface area contributed by atoms with E-state index in [2.05, 4.69) is 46.8 Å². The Balaban J connectivity index is 1.37. The molecule has 10 heteroatoms. The highest BCUT2D eigenvalue weighted by atomic mass is 79.9. The lowest BCUT2D eigenvalue weighted by Gasteiger charge is -2.14. The summed E-state index contributed by atoms with van der Waals surface area (Å²) in [6.07, 6.45) is 6.74. The van der Waals surface area contributed by atoms with Gasteiger partial charge in [0.1, 0.15) is 0 Å². The predicted octanol–water partition coefficient (Wildman–Crippen LogP) is 3.57. The topological polar surface area (TPSA) is 118 Å². The van der Waals surface area contributed by atoms with Crippen molar-refractivity contribution in [3.8, 4) is 6.01 Å². The number of hydrogen-bond donors (Lipinski definition) is 3. The number of benzene rings is 1. The molecule has 1 amide bonds. The number of carbonyl (C=O) groups excluding carboxylic acids is 2. The summed E-state index contributed by atoms with van der Waals surface area (Å²) in [6, 6.07) is 5.72. The quantitative estimate of drug-likeness (QED) is 0.443. The van der Waals surface area contributed by atoms with Gasteiger partial charge in [-0.2, -0.15) is 0 Å². The molecule has 5 rings (SSSR count). The Kier molecular flexibility index (Phi) is 5.71. The maximum Gasteiger partial charge on any atom is 0.415 e. The molecule has 0 spiro atoms. The summed E-state index contributed by atoms with van der Waals surface area (Å²) in [7, 11) is 0. The monoisotopic (exact) mass is 496 g/mol. The van der Waals surface area contributed by atoms with Gasteiger partial charge >= 0.3 is 12.1 Å². The fourth-order valence-corrected chi connectivity index (χ4v) is 4.05. The van der Waals surface area contributed by atoms with Gasteiger partial charge in [0, 0.05) is 34.6 Å². The van der Waals surface area contributed by atoms with Crippen LogP contribution in [0.5, 0.6) is 6.01 Å². The number of ketones is 1. The molecule has 2 aliphatic rings. The van der Waals surface area contributed by atoms with Crippen molar-refractivity contribution in [2.75, 3.05) is 18.4 Å². The molecule has 164 valence electrons. The SMILES string of the molecule is O=C(NC1CCNC1)Oc1ncc(Nc2c(C(=O)C3CC3)cnc3ccc(Br)cc23)cn1. The third-order valence-corrected chi connectivity index (χ3v) is 6.00. The van der Waals surface area contributed by atoms with Gasteiger partial charge in [-0.3, -0.25) is 9.78 Å². The van der Waals surface area contributed by atoms with E-state index in [1.165, 1.54) is 12.4 Å². The van der Waals surface area contributed by atoms with Crippen LogP contribution in [0.3, 0.4) is 0 Å². The average molecular weight is 497 g/mol. The summed E-state index contributed by atoms with van der Waals surface area (Å²) in [5.74, 6) is 0.142. The molecule has 3 N–H and O–H groups in total. The molecule has 1 saturated heterocycles. The standard InChI is InChI=1S/C22H21BrN6O3/c23-13-3-4-18-16(7-13)19(17(11-25-18)20(30)12-1-2-12)28-15-9-26-21(27-10-15)32-22(31)29-14-5-6-24-8-14/h3-4,7,9-12,14,24H,1-2,5-6,8H2,(H,25,28)(H,29,31). The largest absolute Gasteiger partial charge is 0.415 e. The Labute approximate surface area is 192 Å². The maximum atomic E-state index is 12.9. The molecule has 3 heterocycles. The molecular weight excluding hydrogens is 476 g/mol. The van der Waals surface area contributed by atoms with E-state index < -0.39 is 6.09 Å². The average Bonchev–Trinajstić information content (AvgIpc) is 3.52. The second-order valence-electron chi connectivity index (χ2n) is 7.95. The summed E-state index contributed by atoms with van der Waals surface area (Å²) >= 11 is 3.49. The molecule has 32 heavy (non-hydrogen) atoms. The summed E-state index contributed by atoms with van der Waals surface area (Å²) in [5.41, 5.74) is 2.54. The van der Waals surface area contributed by atoms with Crippen LogP contribution in [0.1, 0.15) is 29.6 Å². The Morgan fingerprint density at radius 2 is 1.91 bits per heavy atom. The Morgan fingerprint density at radius 3 is 2.62 bits per heavy atom. The number of halogens is 1. The maximum absolute atomic E-state index is 12.9. The molecule has 0 bridgehead atoms. The van der Waals surface area contributed by atoms with Crippen LogP contribution in [-0.2, 0) is 0 Å². The van der Waals surface area contributed by atoms with Gasteiger partial charge < -0.3 is 20.7 Å². The Morgan fingerprint density at radius 1 is 1.09 bits per heavy atom. The van der Waals surface area contributed by atoms with Crippen LogP contribution >= 0.6 is 15.9 Å². The van der Waals surface area contributed by atoms with Crippen molar-refractivity contribution in [1.82, 2.24) is 25.6 Å². The molecule has 0 radical (unpaired) electrons. The van der Waals surface area contributed by atoms with Crippen molar-refractivity contribution in [2.24, 2.45) is 5.92 Å². The molecule has 1 aromatic carbocycles. The van der Waals surface area contributed by atoms with Gasteiger partial charge in [0.25, 0.3) is 0 Å². The number of anilines is 2. The van der Waals surface area contributed by atoms with Crippen molar-refractivity contribution in [2.45, 2.75) is 25.3 Å². The number of hydrogen-bond acceptors (Lipinski definition) is 8. The molecule has 1 aliphatic carbocycles. The molecule has 9 nitrogen and oxygen atoms in total. The molecule has 3 aromatic rings. The first-order chi connectivity index (χ1) is 15.6. The molecular formula is C22H21BrN6O3. The van der Waals surface area contributed by atoms with Crippen LogP contribution in [-0.4, -0.2) is 46.0 Å². The smallest absolute Gasteiger partial charge is 0.374 e. The first kappa shape index (κ1) is 20.8. The fraction of sp³-hybridized carbons (Fsp3) is 0.318. The third-order valence-electron chi connectivity index (χ3n) is 5.51. The zero-order valence-electron chi connectivity index (χ0n) is 17.1. The highest BCUT2D eigenvalue weighted by Gasteiger charge is 2.32. The van der Waals surface area contributed by atoms with Crippen LogP contribution in [0.4, 0.5) is 16.2 Å². The number of ether oxygens (including phenoxy) is 1. The van der Waals surface area contributed by atoms with Gasteiger partial charge in [-0.05, 0) is 44.0 Å². The lowest BCUT2D eigenvalue weighted by Crippen LogP contribution is -2.38. The highest BCUT2D eigenvalue weighted by molar-refractivity contribution is 9.10. The minimum atomic E-state index is -0.582. The molecule has 1 atom stereocenters. The van der Waals surface area contributed by atoms with Crippen LogP contribution in [0, 0.1) is 5.92 Å². The zero-order chi connectivity index (χ0) is 22.1. The normalized spacial score (nSPS) is 17.8. The number of Topliss-reactive ketones (excluding diaryl/α,β-unsaturated/α-hetero) is 1. The first-order valence-corrected chi connectivity index (χ1v) is 11.3. The summed E-state index contributed by atoms with van der Waals surface area (Å²) < 4.78 is 6.05. The van der Waals surface area contributed by atoms with E-state index >= 15 is 0 Å². The number of amides is 1. The second kappa shape index (κ2) is 8.79. The van der Waals surface area contributed by atoms with E-state index in [1.807, 2.05) is 18.2 Å². The van der Waals surface area contributed by atoms with Gasteiger partial charge in [-0.15, -0.1) is 0 Å². The number of pyridine rings is 1. The van der Waals surface area contributed by atoms with Crippen molar-refractivity contribution in [3.63, 3.8) is 0 Å². The molecule has 2 aromatic heterocycles. The fourth-order valence-electron chi connectivity index (χ4n) is 3.69. The predicted molar refractivity (Wildman–Crippen MR) is 122 cm³/mol. The van der Waals surface area contributed by atoms with Crippen LogP contribution in [0.25, 0.3) is 10.9 Å². The van der Waals surface area contributed by atoms with E-state index in [1.54, 1.807) is 6.20 Å². The molecule has 1 aliphatic heterocycles. The number of fused-ring (bicyclic) bond motifs is 1. The van der Waals surface area contributed by atoms with Gasteiger partial charge in [-0.25, -0.2) is 14.8 Å². The van der Waals surface area contributed by atoms with E-state index in [0.29, 0.717) is 16.9 Å². The zero-order valence-corrected chi connectivity index (χ0v) is 18.7. The highest BCUT2D eigenvalue weighted by Crippen LogP contribution is 2.38. The summed E-state index contributed by atoms with van der Waals surface area (Å²) in [4.78, 5) is 37.6. The summed E-state index contributed by atoms with van der Waals surface area (Å²) in [6.45, 7) is 1.59. The van der Waals surface area contributed by atoms with E-state index in [4.69, 9.17) is 4.74 Å².